The minimum atomic E-state index is -1.76. The first-order valence-electron chi connectivity index (χ1n) is 6.43. The van der Waals surface area contributed by atoms with Crippen LogP contribution in [-0.2, 0) is 0 Å². The Labute approximate surface area is 113 Å². The molecule has 0 amide bonds. The Morgan fingerprint density at radius 2 is 1.55 bits per heavy atom. The highest BCUT2D eigenvalue weighted by Crippen LogP contribution is 2.46. The van der Waals surface area contributed by atoms with Crippen LogP contribution in [0.1, 0.15) is 44.0 Å². The monoisotopic (exact) mass is 283 g/mol. The summed E-state index contributed by atoms with van der Waals surface area (Å²) in [5.74, 6) is -5.98. The lowest BCUT2D eigenvalue weighted by atomic mass is 10.0. The van der Waals surface area contributed by atoms with Crippen molar-refractivity contribution in [2.45, 2.75) is 32.7 Å². The average molecular weight is 283 g/mol. The summed E-state index contributed by atoms with van der Waals surface area (Å²) in [6.07, 6.45) is 0. The van der Waals surface area contributed by atoms with Crippen LogP contribution >= 0.6 is 0 Å². The minimum absolute atomic E-state index is 0.112. The molecule has 0 radical (unpaired) electrons. The Bertz CT molecular complexity index is 715. The Morgan fingerprint density at radius 3 is 2.15 bits per heavy atom. The second-order valence-corrected chi connectivity index (χ2v) is 5.39. The van der Waals surface area contributed by atoms with E-state index in [4.69, 9.17) is 0 Å². The molecule has 2 heterocycles. The molecule has 2 aromatic rings. The van der Waals surface area contributed by atoms with Gasteiger partial charge in [0.1, 0.15) is 0 Å². The predicted molar refractivity (Wildman–Crippen MR) is 67.6 cm³/mol. The molecule has 0 bridgehead atoms. The standard InChI is InChI=1S/C15H13F4N/c1-6(2)8-4-5-9-11-10(7(3)20(8)9)12(16)14(18)15(19)13(11)17/h4-7H,1-3H3. The normalized spacial score (nSPS) is 16.7. The molecule has 106 valence electrons. The first kappa shape index (κ1) is 13.2. The van der Waals surface area contributed by atoms with Crippen molar-refractivity contribution in [1.29, 1.82) is 0 Å². The van der Waals surface area contributed by atoms with Gasteiger partial charge in [0.25, 0.3) is 0 Å². The molecule has 1 unspecified atom stereocenters. The average Bonchev–Trinajstić information content (AvgIpc) is 2.93. The van der Waals surface area contributed by atoms with Crippen molar-refractivity contribution in [3.8, 4) is 11.3 Å². The SMILES string of the molecule is CC(C)c1ccc2n1C(C)c1c(F)c(F)c(F)c(F)c1-2. The molecule has 3 rings (SSSR count). The molecular formula is C15H13F4N. The third kappa shape index (κ3) is 1.43. The van der Waals surface area contributed by atoms with Crippen LogP contribution in [0.15, 0.2) is 12.1 Å². The van der Waals surface area contributed by atoms with Gasteiger partial charge in [-0.1, -0.05) is 13.8 Å². The van der Waals surface area contributed by atoms with Gasteiger partial charge in [0.05, 0.1) is 11.7 Å². The van der Waals surface area contributed by atoms with Gasteiger partial charge >= 0.3 is 0 Å². The van der Waals surface area contributed by atoms with Gasteiger partial charge in [0, 0.05) is 16.8 Å². The van der Waals surface area contributed by atoms with Crippen molar-refractivity contribution in [1.82, 2.24) is 4.57 Å². The fourth-order valence-corrected chi connectivity index (χ4v) is 2.99. The lowest BCUT2D eigenvalue weighted by Crippen LogP contribution is -2.09. The van der Waals surface area contributed by atoms with E-state index in [2.05, 4.69) is 0 Å². The molecule has 0 fully saturated rings. The van der Waals surface area contributed by atoms with Crippen molar-refractivity contribution in [2.24, 2.45) is 0 Å². The van der Waals surface area contributed by atoms with E-state index in [1.54, 1.807) is 23.6 Å². The van der Waals surface area contributed by atoms with Crippen LogP contribution in [-0.4, -0.2) is 4.57 Å². The largest absolute Gasteiger partial charge is 0.337 e. The van der Waals surface area contributed by atoms with E-state index in [-0.39, 0.29) is 17.0 Å². The van der Waals surface area contributed by atoms with E-state index in [1.807, 2.05) is 13.8 Å². The number of halogens is 4. The first-order chi connectivity index (χ1) is 9.36. The van der Waals surface area contributed by atoms with Crippen LogP contribution in [0.25, 0.3) is 11.3 Å². The zero-order chi connectivity index (χ0) is 14.8. The Morgan fingerprint density at radius 1 is 0.950 bits per heavy atom. The second-order valence-electron chi connectivity index (χ2n) is 5.39. The lowest BCUT2D eigenvalue weighted by Gasteiger charge is -2.16. The molecule has 1 aromatic heterocycles. The maximum absolute atomic E-state index is 14.0. The topological polar surface area (TPSA) is 4.93 Å². The molecule has 1 atom stereocenters. The summed E-state index contributed by atoms with van der Waals surface area (Å²) in [5.41, 5.74) is 0.995. The molecule has 5 heteroatoms. The smallest absolute Gasteiger partial charge is 0.198 e. The van der Waals surface area contributed by atoms with E-state index in [1.165, 1.54) is 0 Å². The minimum Gasteiger partial charge on any atom is -0.337 e. The van der Waals surface area contributed by atoms with Crippen LogP contribution in [0.4, 0.5) is 17.6 Å². The molecule has 1 aromatic carbocycles. The molecule has 0 saturated carbocycles. The van der Waals surface area contributed by atoms with Crippen LogP contribution in [0.3, 0.4) is 0 Å². The van der Waals surface area contributed by atoms with Crippen LogP contribution in [0.5, 0.6) is 0 Å². The third-order valence-electron chi connectivity index (χ3n) is 3.91. The zero-order valence-corrected chi connectivity index (χ0v) is 11.3. The highest BCUT2D eigenvalue weighted by Gasteiger charge is 2.37. The van der Waals surface area contributed by atoms with Crippen molar-refractivity contribution in [2.75, 3.05) is 0 Å². The zero-order valence-electron chi connectivity index (χ0n) is 11.3. The van der Waals surface area contributed by atoms with Gasteiger partial charge in [-0.05, 0) is 25.0 Å². The van der Waals surface area contributed by atoms with Gasteiger partial charge in [0.2, 0.25) is 0 Å². The molecule has 1 aliphatic heterocycles. The fraction of sp³-hybridized carbons (Fsp3) is 0.333. The number of fused-ring (bicyclic) bond motifs is 3. The Balaban J connectivity index is 2.38. The lowest BCUT2D eigenvalue weighted by molar-refractivity contribution is 0.403. The summed E-state index contributed by atoms with van der Waals surface area (Å²) in [6, 6.07) is 2.87. The van der Waals surface area contributed by atoms with E-state index in [9.17, 15) is 17.6 Å². The number of aromatic nitrogens is 1. The molecule has 0 N–H and O–H groups in total. The van der Waals surface area contributed by atoms with Crippen LogP contribution in [0.2, 0.25) is 0 Å². The van der Waals surface area contributed by atoms with Gasteiger partial charge in [-0.25, -0.2) is 17.6 Å². The number of nitrogens with zero attached hydrogens (tertiary/aromatic N) is 1. The summed E-state index contributed by atoms with van der Waals surface area (Å²) in [7, 11) is 0. The summed E-state index contributed by atoms with van der Waals surface area (Å²) >= 11 is 0. The van der Waals surface area contributed by atoms with Crippen LogP contribution in [0, 0.1) is 23.3 Å². The molecule has 0 aliphatic carbocycles. The number of rotatable bonds is 1. The molecule has 1 nitrogen and oxygen atoms in total. The number of benzene rings is 1. The molecule has 0 saturated heterocycles. The second kappa shape index (κ2) is 4.11. The summed E-state index contributed by atoms with van der Waals surface area (Å²) < 4.78 is 56.6. The highest BCUT2D eigenvalue weighted by atomic mass is 19.2. The van der Waals surface area contributed by atoms with Crippen molar-refractivity contribution < 1.29 is 17.6 Å². The van der Waals surface area contributed by atoms with Gasteiger partial charge in [-0.3, -0.25) is 0 Å². The summed E-state index contributed by atoms with van der Waals surface area (Å²) in [5, 5.41) is 0. The number of hydrogen-bond donors (Lipinski definition) is 0. The van der Waals surface area contributed by atoms with Crippen molar-refractivity contribution in [3.05, 3.63) is 46.7 Å². The molecule has 20 heavy (non-hydrogen) atoms. The predicted octanol–water partition coefficient (Wildman–Crippen LogP) is 4.76. The van der Waals surface area contributed by atoms with E-state index in [0.717, 1.165) is 5.69 Å². The van der Waals surface area contributed by atoms with Gasteiger partial charge in [-0.15, -0.1) is 0 Å². The van der Waals surface area contributed by atoms with E-state index >= 15 is 0 Å². The van der Waals surface area contributed by atoms with E-state index < -0.39 is 29.3 Å². The van der Waals surface area contributed by atoms with E-state index in [0.29, 0.717) is 5.69 Å². The highest BCUT2D eigenvalue weighted by molar-refractivity contribution is 5.72. The maximum atomic E-state index is 14.0. The number of hydrogen-bond acceptors (Lipinski definition) is 0. The fourth-order valence-electron chi connectivity index (χ4n) is 2.99. The molecular weight excluding hydrogens is 270 g/mol. The van der Waals surface area contributed by atoms with Gasteiger partial charge in [-0.2, -0.15) is 0 Å². The first-order valence-corrected chi connectivity index (χ1v) is 6.43. The maximum Gasteiger partial charge on any atom is 0.198 e. The Hall–Kier alpha value is -1.78. The van der Waals surface area contributed by atoms with Crippen LogP contribution < -0.4 is 0 Å². The van der Waals surface area contributed by atoms with Crippen molar-refractivity contribution in [3.63, 3.8) is 0 Å². The summed E-state index contributed by atoms with van der Waals surface area (Å²) in [6.45, 7) is 5.56. The third-order valence-corrected chi connectivity index (χ3v) is 3.91. The Kier molecular flexibility index (Phi) is 2.71. The van der Waals surface area contributed by atoms with Crippen molar-refractivity contribution >= 4 is 0 Å². The van der Waals surface area contributed by atoms with Gasteiger partial charge < -0.3 is 4.57 Å². The molecule has 0 spiro atoms. The summed E-state index contributed by atoms with van der Waals surface area (Å²) in [4.78, 5) is 0. The molecule has 1 aliphatic rings. The quantitative estimate of drug-likeness (QED) is 0.404. The van der Waals surface area contributed by atoms with Gasteiger partial charge in [0.15, 0.2) is 23.3 Å².